The van der Waals surface area contributed by atoms with Crippen LogP contribution >= 0.6 is 0 Å². The molecule has 2 bridgehead atoms. The van der Waals surface area contributed by atoms with Gasteiger partial charge in [0.25, 0.3) is 5.91 Å². The van der Waals surface area contributed by atoms with Crippen LogP contribution in [0.3, 0.4) is 0 Å². The third kappa shape index (κ3) is 1.42. The molecule has 3 heteroatoms. The topological polar surface area (TPSA) is 46.3 Å². The Kier molecular flexibility index (Phi) is 2.40. The minimum absolute atomic E-state index is 0.187. The maximum absolute atomic E-state index is 12.8. The first kappa shape index (κ1) is 13.2. The van der Waals surface area contributed by atoms with Crippen LogP contribution in [0, 0.1) is 16.7 Å². The number of carbonyl (C=O) groups is 1. The summed E-state index contributed by atoms with van der Waals surface area (Å²) in [6.07, 6.45) is 3.71. The zero-order valence-corrected chi connectivity index (χ0v) is 13.1. The third-order valence-corrected chi connectivity index (χ3v) is 7.16. The van der Waals surface area contributed by atoms with E-state index in [1.54, 1.807) is 0 Å². The summed E-state index contributed by atoms with van der Waals surface area (Å²) < 4.78 is 0. The van der Waals surface area contributed by atoms with E-state index in [0.29, 0.717) is 18.0 Å². The van der Waals surface area contributed by atoms with E-state index in [-0.39, 0.29) is 11.3 Å². The Labute approximate surface area is 126 Å². The fraction of sp³-hybridized carbons (Fsp3) is 0.611. The van der Waals surface area contributed by atoms with Crippen LogP contribution in [0.1, 0.15) is 56.0 Å². The van der Waals surface area contributed by atoms with Gasteiger partial charge >= 0.3 is 0 Å². The van der Waals surface area contributed by atoms with Crippen LogP contribution in [0.15, 0.2) is 18.2 Å². The average molecular weight is 284 g/mol. The van der Waals surface area contributed by atoms with Gasteiger partial charge in [0.2, 0.25) is 0 Å². The lowest BCUT2D eigenvalue weighted by atomic mass is 9.69. The molecule has 2 N–H and O–H groups in total. The summed E-state index contributed by atoms with van der Waals surface area (Å²) in [6.45, 7) is 7.88. The highest BCUT2D eigenvalue weighted by Gasteiger charge is 2.63. The molecule has 3 nitrogen and oxygen atoms in total. The van der Waals surface area contributed by atoms with Crippen LogP contribution in [0.5, 0.6) is 0 Å². The molecule has 1 aromatic rings. The van der Waals surface area contributed by atoms with Crippen LogP contribution in [0.4, 0.5) is 5.69 Å². The maximum Gasteiger partial charge on any atom is 0.254 e. The summed E-state index contributed by atoms with van der Waals surface area (Å²) in [6, 6.07) is 6.09. The number of carbonyl (C=O) groups excluding carboxylic acids is 1. The summed E-state index contributed by atoms with van der Waals surface area (Å²) in [4.78, 5) is 14.9. The van der Waals surface area contributed by atoms with Crippen LogP contribution in [-0.4, -0.2) is 16.8 Å². The molecule has 2 fully saturated rings. The summed E-state index contributed by atoms with van der Waals surface area (Å²) in [7, 11) is 0. The van der Waals surface area contributed by atoms with Gasteiger partial charge in [-0.25, -0.2) is 0 Å². The molecule has 2 aliphatic carbocycles. The van der Waals surface area contributed by atoms with E-state index in [4.69, 9.17) is 5.73 Å². The van der Waals surface area contributed by atoms with Gasteiger partial charge in [0, 0.05) is 29.4 Å². The number of nitrogen functional groups attached to an aromatic ring is 1. The molecule has 1 amide bonds. The van der Waals surface area contributed by atoms with Crippen molar-refractivity contribution in [3.05, 3.63) is 29.3 Å². The first-order valence-electron chi connectivity index (χ1n) is 8.04. The fourth-order valence-electron chi connectivity index (χ4n) is 5.26. The molecule has 0 saturated heterocycles. The molecule has 0 spiro atoms. The summed E-state index contributed by atoms with van der Waals surface area (Å²) in [5, 5.41) is 0. The van der Waals surface area contributed by atoms with Crippen molar-refractivity contribution in [1.82, 2.24) is 4.90 Å². The Morgan fingerprint density at radius 2 is 2.05 bits per heavy atom. The van der Waals surface area contributed by atoms with Crippen molar-refractivity contribution in [2.24, 2.45) is 16.7 Å². The van der Waals surface area contributed by atoms with Crippen molar-refractivity contribution in [2.45, 2.75) is 52.6 Å². The molecular formula is C18H24N2O. The first-order chi connectivity index (χ1) is 9.86. The van der Waals surface area contributed by atoms with E-state index < -0.39 is 0 Å². The molecule has 0 radical (unpaired) electrons. The highest BCUT2D eigenvalue weighted by Crippen LogP contribution is 2.67. The monoisotopic (exact) mass is 284 g/mol. The minimum Gasteiger partial charge on any atom is -0.398 e. The Bertz CT molecular complexity index is 636. The molecule has 1 heterocycles. The standard InChI is InChI=1S/C18H24N2O/c1-17(2)11-7-8-18(17,3)15(9-11)20-10-13-12(16(20)21)5-4-6-14(13)19/h4-6,11,15H,7-10,19H2,1-3H3/t11-,15+,18+/m1/s1. The molecule has 4 rings (SSSR count). The van der Waals surface area contributed by atoms with Crippen LogP contribution < -0.4 is 5.73 Å². The van der Waals surface area contributed by atoms with E-state index in [1.165, 1.54) is 12.8 Å². The minimum atomic E-state index is 0.187. The van der Waals surface area contributed by atoms with E-state index in [9.17, 15) is 4.79 Å². The van der Waals surface area contributed by atoms with Crippen molar-refractivity contribution >= 4 is 11.6 Å². The molecule has 3 aliphatic rings. The zero-order chi connectivity index (χ0) is 15.0. The molecule has 1 aliphatic heterocycles. The summed E-state index contributed by atoms with van der Waals surface area (Å²) in [5.41, 5.74) is 9.26. The molecule has 1 aromatic carbocycles. The Morgan fingerprint density at radius 3 is 2.62 bits per heavy atom. The van der Waals surface area contributed by atoms with Crippen LogP contribution in [0.2, 0.25) is 0 Å². The number of hydrogen-bond donors (Lipinski definition) is 1. The normalized spacial score (nSPS) is 36.3. The Hall–Kier alpha value is -1.51. The molecule has 21 heavy (non-hydrogen) atoms. The highest BCUT2D eigenvalue weighted by atomic mass is 16.2. The summed E-state index contributed by atoms with van der Waals surface area (Å²) in [5.74, 6) is 0.938. The number of fused-ring (bicyclic) bond motifs is 3. The third-order valence-electron chi connectivity index (χ3n) is 7.16. The number of anilines is 1. The quantitative estimate of drug-likeness (QED) is 0.803. The van der Waals surface area contributed by atoms with Crippen molar-refractivity contribution in [3.63, 3.8) is 0 Å². The molecule has 0 aromatic heterocycles. The van der Waals surface area contributed by atoms with E-state index >= 15 is 0 Å². The van der Waals surface area contributed by atoms with Crippen molar-refractivity contribution in [1.29, 1.82) is 0 Å². The molecule has 2 saturated carbocycles. The van der Waals surface area contributed by atoms with E-state index in [2.05, 4.69) is 25.7 Å². The second-order valence-electron chi connectivity index (χ2n) is 7.93. The molecule has 3 atom stereocenters. The molecule has 112 valence electrons. The highest BCUT2D eigenvalue weighted by molar-refractivity contribution is 6.00. The van der Waals surface area contributed by atoms with Gasteiger partial charge in [-0.3, -0.25) is 4.79 Å². The van der Waals surface area contributed by atoms with Gasteiger partial charge in [-0.2, -0.15) is 0 Å². The van der Waals surface area contributed by atoms with Gasteiger partial charge < -0.3 is 10.6 Å². The smallest absolute Gasteiger partial charge is 0.254 e. The second kappa shape index (κ2) is 3.82. The van der Waals surface area contributed by atoms with Crippen molar-refractivity contribution in [2.75, 3.05) is 5.73 Å². The lowest BCUT2D eigenvalue weighted by Crippen LogP contribution is -2.47. The predicted molar refractivity (Wildman–Crippen MR) is 83.7 cm³/mol. The summed E-state index contributed by atoms with van der Waals surface area (Å²) >= 11 is 0. The Balaban J connectivity index is 1.72. The van der Waals surface area contributed by atoms with Gasteiger partial charge in [-0.05, 0) is 48.1 Å². The van der Waals surface area contributed by atoms with E-state index in [0.717, 1.165) is 29.2 Å². The Morgan fingerprint density at radius 1 is 1.29 bits per heavy atom. The van der Waals surface area contributed by atoms with Crippen LogP contribution in [0.25, 0.3) is 0 Å². The van der Waals surface area contributed by atoms with Gasteiger partial charge in [0.05, 0.1) is 0 Å². The number of nitrogens with two attached hydrogens (primary N) is 1. The van der Waals surface area contributed by atoms with Crippen molar-refractivity contribution < 1.29 is 4.79 Å². The predicted octanol–water partition coefficient (Wildman–Crippen LogP) is 3.44. The number of benzene rings is 1. The zero-order valence-electron chi connectivity index (χ0n) is 13.1. The number of amides is 1. The van der Waals surface area contributed by atoms with Gasteiger partial charge in [0.15, 0.2) is 0 Å². The van der Waals surface area contributed by atoms with Crippen molar-refractivity contribution in [3.8, 4) is 0 Å². The average Bonchev–Trinajstić information content (AvgIpc) is 2.95. The second-order valence-corrected chi connectivity index (χ2v) is 7.93. The number of nitrogens with zero attached hydrogens (tertiary/aromatic N) is 1. The van der Waals surface area contributed by atoms with Crippen LogP contribution in [-0.2, 0) is 6.54 Å². The fourth-order valence-corrected chi connectivity index (χ4v) is 5.26. The van der Waals surface area contributed by atoms with Gasteiger partial charge in [-0.1, -0.05) is 26.8 Å². The number of rotatable bonds is 1. The lowest BCUT2D eigenvalue weighted by molar-refractivity contribution is 0.0341. The van der Waals surface area contributed by atoms with Gasteiger partial charge in [-0.15, -0.1) is 0 Å². The maximum atomic E-state index is 12.8. The SMILES string of the molecule is CC1(C)[C@@H]2CC[C@@]1(C)[C@@H](N1Cc3c(N)cccc3C1=O)C2. The lowest BCUT2D eigenvalue weighted by Gasteiger charge is -2.43. The number of hydrogen-bond acceptors (Lipinski definition) is 2. The van der Waals surface area contributed by atoms with E-state index in [1.807, 2.05) is 18.2 Å². The molecular weight excluding hydrogens is 260 g/mol. The first-order valence-corrected chi connectivity index (χ1v) is 8.04. The molecule has 0 unspecified atom stereocenters. The largest absolute Gasteiger partial charge is 0.398 e. The van der Waals surface area contributed by atoms with Gasteiger partial charge in [0.1, 0.15) is 0 Å².